The summed E-state index contributed by atoms with van der Waals surface area (Å²) in [7, 11) is 1.70. The number of rotatable bonds is 5. The monoisotopic (exact) mass is 276 g/mol. The highest BCUT2D eigenvalue weighted by Crippen LogP contribution is 2.32. The number of aliphatic hydroxyl groups excluding tert-OH is 1. The van der Waals surface area contributed by atoms with Gasteiger partial charge in [0.25, 0.3) is 0 Å². The molecule has 1 fully saturated rings. The minimum Gasteiger partial charge on any atom is -0.496 e. The van der Waals surface area contributed by atoms with E-state index >= 15 is 0 Å². The Morgan fingerprint density at radius 2 is 1.75 bits per heavy atom. The summed E-state index contributed by atoms with van der Waals surface area (Å²) in [5.41, 5.74) is 3.26. The van der Waals surface area contributed by atoms with Crippen molar-refractivity contribution in [2.75, 3.05) is 7.11 Å². The first kappa shape index (κ1) is 15.4. The first-order valence-corrected chi connectivity index (χ1v) is 7.95. The van der Waals surface area contributed by atoms with Gasteiger partial charge in [0.1, 0.15) is 5.75 Å². The van der Waals surface area contributed by atoms with Gasteiger partial charge in [-0.3, -0.25) is 0 Å². The fraction of sp³-hybridized carbons (Fsp3) is 0.667. The van der Waals surface area contributed by atoms with Gasteiger partial charge in [-0.1, -0.05) is 32.1 Å². The maximum Gasteiger partial charge on any atom is 0.124 e. The summed E-state index contributed by atoms with van der Waals surface area (Å²) in [5.74, 6) is 1.77. The van der Waals surface area contributed by atoms with E-state index in [-0.39, 0.29) is 6.10 Å². The van der Waals surface area contributed by atoms with E-state index in [4.69, 9.17) is 4.74 Å². The molecule has 0 amide bonds. The quantitative estimate of drug-likeness (QED) is 0.844. The summed E-state index contributed by atoms with van der Waals surface area (Å²) in [5, 5.41) is 10.4. The van der Waals surface area contributed by atoms with Crippen LogP contribution in [0.25, 0.3) is 0 Å². The number of aryl methyl sites for hydroxylation is 2. The Hall–Kier alpha value is -1.02. The molecule has 1 aromatic rings. The lowest BCUT2D eigenvalue weighted by molar-refractivity contribution is 0.151. The van der Waals surface area contributed by atoms with Gasteiger partial charge in [-0.15, -0.1) is 0 Å². The summed E-state index contributed by atoms with van der Waals surface area (Å²) < 4.78 is 5.38. The van der Waals surface area contributed by atoms with Crippen LogP contribution in [0.1, 0.15) is 67.7 Å². The third-order valence-corrected chi connectivity index (χ3v) is 4.64. The summed E-state index contributed by atoms with van der Waals surface area (Å²) in [6.07, 6.45) is 8.57. The minimum atomic E-state index is -0.333. The molecule has 1 atom stereocenters. The Morgan fingerprint density at radius 3 is 2.30 bits per heavy atom. The highest BCUT2D eigenvalue weighted by Gasteiger charge is 2.17. The average Bonchev–Trinajstić information content (AvgIpc) is 2.45. The van der Waals surface area contributed by atoms with E-state index in [1.165, 1.54) is 32.1 Å². The predicted octanol–water partition coefficient (Wildman–Crippen LogP) is 4.71. The van der Waals surface area contributed by atoms with Crippen molar-refractivity contribution in [3.05, 3.63) is 28.8 Å². The van der Waals surface area contributed by atoms with Crippen LogP contribution in [0, 0.1) is 19.8 Å². The molecule has 1 aliphatic rings. The molecule has 112 valence electrons. The molecule has 0 aliphatic heterocycles. The Bertz CT molecular complexity index is 410. The van der Waals surface area contributed by atoms with E-state index in [0.717, 1.165) is 41.2 Å². The lowest BCUT2D eigenvalue weighted by atomic mass is 9.85. The predicted molar refractivity (Wildman–Crippen MR) is 83.2 cm³/mol. The van der Waals surface area contributed by atoms with Crippen LogP contribution in [0.15, 0.2) is 12.1 Å². The fourth-order valence-electron chi connectivity index (χ4n) is 3.53. The summed E-state index contributed by atoms with van der Waals surface area (Å²) >= 11 is 0. The number of ether oxygens (including phenoxy) is 1. The molecular weight excluding hydrogens is 248 g/mol. The molecule has 0 aromatic heterocycles. The van der Waals surface area contributed by atoms with E-state index in [9.17, 15) is 5.11 Å². The van der Waals surface area contributed by atoms with Crippen LogP contribution in [0.5, 0.6) is 5.75 Å². The van der Waals surface area contributed by atoms with Gasteiger partial charge in [-0.05, 0) is 61.4 Å². The first-order valence-electron chi connectivity index (χ1n) is 7.95. The van der Waals surface area contributed by atoms with Crippen LogP contribution in [0.4, 0.5) is 0 Å². The Morgan fingerprint density at radius 1 is 1.15 bits per heavy atom. The van der Waals surface area contributed by atoms with Crippen molar-refractivity contribution in [1.29, 1.82) is 0 Å². The molecule has 1 aliphatic carbocycles. The second-order valence-corrected chi connectivity index (χ2v) is 6.29. The van der Waals surface area contributed by atoms with E-state index in [1.54, 1.807) is 7.11 Å². The Labute approximate surface area is 123 Å². The number of methoxy groups -OCH3 is 1. The number of hydrogen-bond donors (Lipinski definition) is 1. The summed E-state index contributed by atoms with van der Waals surface area (Å²) in [4.78, 5) is 0. The van der Waals surface area contributed by atoms with Gasteiger partial charge in [0.05, 0.1) is 13.2 Å². The molecule has 0 saturated heterocycles. The largest absolute Gasteiger partial charge is 0.496 e. The highest BCUT2D eigenvalue weighted by molar-refractivity contribution is 5.43. The van der Waals surface area contributed by atoms with Crippen LogP contribution in [0.2, 0.25) is 0 Å². The molecule has 0 spiro atoms. The summed E-state index contributed by atoms with van der Waals surface area (Å²) in [6, 6.07) is 4.13. The summed E-state index contributed by atoms with van der Waals surface area (Å²) in [6.45, 7) is 4.09. The van der Waals surface area contributed by atoms with Crippen molar-refractivity contribution in [1.82, 2.24) is 0 Å². The third kappa shape index (κ3) is 3.76. The smallest absolute Gasteiger partial charge is 0.124 e. The minimum absolute atomic E-state index is 0.333. The van der Waals surface area contributed by atoms with Crippen molar-refractivity contribution in [3.8, 4) is 5.75 Å². The zero-order valence-corrected chi connectivity index (χ0v) is 13.1. The number of hydrogen-bond acceptors (Lipinski definition) is 2. The molecule has 1 N–H and O–H groups in total. The molecular formula is C18H28O2. The Kier molecular flexibility index (Phi) is 5.47. The molecule has 2 heteroatoms. The van der Waals surface area contributed by atoms with Gasteiger partial charge >= 0.3 is 0 Å². The molecule has 20 heavy (non-hydrogen) atoms. The maximum absolute atomic E-state index is 10.4. The van der Waals surface area contributed by atoms with E-state index in [1.807, 2.05) is 13.8 Å². The normalized spacial score (nSPS) is 18.0. The Balaban J connectivity index is 1.96. The molecule has 1 aromatic carbocycles. The molecule has 1 saturated carbocycles. The molecule has 2 nitrogen and oxygen atoms in total. The standard InChI is InChI=1S/C18H28O2/c1-13-11-16(12-14(2)18(13)20-3)17(19)10-9-15-7-5-4-6-8-15/h11-12,15,17,19H,4-10H2,1-3H3. The molecule has 1 unspecified atom stereocenters. The van der Waals surface area contributed by atoms with Crippen molar-refractivity contribution in [2.24, 2.45) is 5.92 Å². The van der Waals surface area contributed by atoms with Crippen LogP contribution in [-0.4, -0.2) is 12.2 Å². The van der Waals surface area contributed by atoms with E-state index in [0.29, 0.717) is 0 Å². The second-order valence-electron chi connectivity index (χ2n) is 6.29. The number of aliphatic hydroxyl groups is 1. The highest BCUT2D eigenvalue weighted by atomic mass is 16.5. The van der Waals surface area contributed by atoms with Crippen LogP contribution in [-0.2, 0) is 0 Å². The van der Waals surface area contributed by atoms with Gasteiger partial charge in [0.2, 0.25) is 0 Å². The zero-order chi connectivity index (χ0) is 14.5. The van der Waals surface area contributed by atoms with Gasteiger partial charge in [0.15, 0.2) is 0 Å². The molecule has 0 bridgehead atoms. The van der Waals surface area contributed by atoms with Crippen LogP contribution in [0.3, 0.4) is 0 Å². The van der Waals surface area contributed by atoms with Gasteiger partial charge < -0.3 is 9.84 Å². The maximum atomic E-state index is 10.4. The van der Waals surface area contributed by atoms with Crippen LogP contribution >= 0.6 is 0 Å². The van der Waals surface area contributed by atoms with Gasteiger partial charge in [-0.2, -0.15) is 0 Å². The number of benzene rings is 1. The molecule has 2 rings (SSSR count). The molecule has 0 heterocycles. The van der Waals surface area contributed by atoms with Crippen molar-refractivity contribution >= 4 is 0 Å². The van der Waals surface area contributed by atoms with E-state index in [2.05, 4.69) is 12.1 Å². The van der Waals surface area contributed by atoms with E-state index < -0.39 is 0 Å². The van der Waals surface area contributed by atoms with Crippen molar-refractivity contribution < 1.29 is 9.84 Å². The molecule has 0 radical (unpaired) electrons. The van der Waals surface area contributed by atoms with Gasteiger partial charge in [-0.25, -0.2) is 0 Å². The zero-order valence-electron chi connectivity index (χ0n) is 13.1. The SMILES string of the molecule is COc1c(C)cc(C(O)CCC2CCCCC2)cc1C. The topological polar surface area (TPSA) is 29.5 Å². The van der Waals surface area contributed by atoms with Crippen LogP contribution < -0.4 is 4.74 Å². The van der Waals surface area contributed by atoms with Crippen molar-refractivity contribution in [2.45, 2.75) is 64.9 Å². The fourth-order valence-corrected chi connectivity index (χ4v) is 3.53. The van der Waals surface area contributed by atoms with Crippen molar-refractivity contribution in [3.63, 3.8) is 0 Å². The third-order valence-electron chi connectivity index (χ3n) is 4.64. The lowest BCUT2D eigenvalue weighted by Crippen LogP contribution is -2.09. The van der Waals surface area contributed by atoms with Gasteiger partial charge in [0, 0.05) is 0 Å². The lowest BCUT2D eigenvalue weighted by Gasteiger charge is -2.23. The average molecular weight is 276 g/mol. The second kappa shape index (κ2) is 7.12. The first-order chi connectivity index (χ1) is 9.61.